The van der Waals surface area contributed by atoms with Crippen LogP contribution in [-0.2, 0) is 32.6 Å². The van der Waals surface area contributed by atoms with E-state index < -0.39 is 59.6 Å². The van der Waals surface area contributed by atoms with Gasteiger partial charge in [-0.3, -0.25) is 57.9 Å². The smallest absolute Gasteiger partial charge is 0.251 e. The van der Waals surface area contributed by atoms with E-state index in [0.717, 1.165) is 38.5 Å². The molecule has 2 aliphatic heterocycles. The van der Waals surface area contributed by atoms with Gasteiger partial charge in [-0.2, -0.15) is 0 Å². The van der Waals surface area contributed by atoms with Crippen molar-refractivity contribution in [3.8, 4) is 11.4 Å². The van der Waals surface area contributed by atoms with E-state index in [1.54, 1.807) is 72.8 Å². The Labute approximate surface area is 550 Å². The summed E-state index contributed by atoms with van der Waals surface area (Å²) in [4.78, 5) is 148. The number of amides is 10. The minimum atomic E-state index is -0.501. The second kappa shape index (κ2) is 29.4. The third-order valence-corrected chi connectivity index (χ3v) is 18.5. The Bertz CT molecular complexity index is 3670. The number of aromatic nitrogens is 2. The molecule has 4 saturated carbocycles. The molecule has 2 aromatic heterocycles. The molecule has 6 unspecified atom stereocenters. The standard InChI is InChI=1S/C70H74N12O10.Ru/c83-61(73-37-39-25-47-31-49(27-39)69(91)81-57-19-3-1-17-55(57)79-65(87)43-11-5-9-41(29-43)63(85)75-51-13-7-15-53(35-51)77-67(47)89)45-21-23-71-59(33-45)60-34-46(22-24-72-60)62(84)74-38-40-26-48-32-50(28-40)70(92)82-58-20-4-2-18-56(58)80-66(88)44-12-6-10-42(30-44)64(86)76-52-14-8-16-54(36-52)78-68(48)90;/h5-6,9-12,21-34,51-58H,1-4,7-8,13-20,35-38H2,(H,73,83)(H,74,84)(H,75,85)(H,76,86)(H,77,89)(H,78,90)(H,79,87)(H,80,88)(H,81,91)(H,82,92);/t51?,52?,53?,54?,55?,56?,57-,58-;/m1./s1. The number of fused-ring (bicyclic) bond motifs is 14. The van der Waals surface area contributed by atoms with Crippen LogP contribution in [-0.4, -0.2) is 117 Å². The molecular weight excluding hydrogens is 1270 g/mol. The second-order valence-electron chi connectivity index (χ2n) is 25.1. The van der Waals surface area contributed by atoms with Crippen LogP contribution in [0.1, 0.15) is 217 Å². The summed E-state index contributed by atoms with van der Waals surface area (Å²) in [5, 5.41) is 30.7. The minimum Gasteiger partial charge on any atom is -0.349 e. The summed E-state index contributed by atoms with van der Waals surface area (Å²) in [5.74, 6) is -4.07. The van der Waals surface area contributed by atoms with Gasteiger partial charge < -0.3 is 53.2 Å². The average Bonchev–Trinajstić information content (AvgIpc) is 2.03. The van der Waals surface area contributed by atoms with E-state index in [2.05, 4.69) is 63.1 Å². The molecule has 10 N–H and O–H groups in total. The monoisotopic (exact) mass is 1340 g/mol. The summed E-state index contributed by atoms with van der Waals surface area (Å²) >= 11 is 0. The maximum absolute atomic E-state index is 14.3. The van der Waals surface area contributed by atoms with E-state index in [0.29, 0.717) is 97.6 Å². The van der Waals surface area contributed by atoms with Crippen LogP contribution in [0.2, 0.25) is 0 Å². The molecule has 4 fully saturated rings. The molecule has 4 aliphatic carbocycles. The molecule has 10 amide bonds. The van der Waals surface area contributed by atoms with Gasteiger partial charge in [0.1, 0.15) is 0 Å². The Morgan fingerprint density at radius 2 is 0.624 bits per heavy atom. The van der Waals surface area contributed by atoms with Crippen LogP contribution in [0.25, 0.3) is 11.4 Å². The van der Waals surface area contributed by atoms with Crippen LogP contribution in [0.5, 0.6) is 0 Å². The van der Waals surface area contributed by atoms with Crippen molar-refractivity contribution in [1.29, 1.82) is 0 Å². The van der Waals surface area contributed by atoms with E-state index in [4.69, 9.17) is 0 Å². The second-order valence-corrected chi connectivity index (χ2v) is 25.1. The molecule has 8 atom stereocenters. The van der Waals surface area contributed by atoms with E-state index in [1.807, 2.05) is 0 Å². The predicted octanol–water partition coefficient (Wildman–Crippen LogP) is 6.51. The van der Waals surface area contributed by atoms with Crippen LogP contribution in [0, 0.1) is 0 Å². The Kier molecular flexibility index (Phi) is 20.6. The molecule has 6 aromatic rings. The molecule has 22 nitrogen and oxygen atoms in total. The fraction of sp³-hybridized carbons (Fsp3) is 0.371. The van der Waals surface area contributed by atoms with Gasteiger partial charge in [0, 0.05) is 149 Å². The van der Waals surface area contributed by atoms with Crippen molar-refractivity contribution in [2.45, 2.75) is 164 Å². The first kappa shape index (κ1) is 65.0. The molecule has 4 heterocycles. The van der Waals surface area contributed by atoms with Gasteiger partial charge in [0.2, 0.25) is 0 Å². The molecule has 12 rings (SSSR count). The number of rotatable bonds is 7. The van der Waals surface area contributed by atoms with Crippen molar-refractivity contribution >= 4 is 59.1 Å². The van der Waals surface area contributed by atoms with Crippen molar-refractivity contribution < 1.29 is 67.4 Å². The van der Waals surface area contributed by atoms with E-state index in [1.165, 1.54) is 48.8 Å². The summed E-state index contributed by atoms with van der Waals surface area (Å²) in [6.07, 6.45) is 13.9. The number of nitrogens with zero attached hydrogens (tertiary/aromatic N) is 2. The first-order valence-electron chi connectivity index (χ1n) is 32.0. The Morgan fingerprint density at radius 3 is 0.946 bits per heavy atom. The maximum atomic E-state index is 14.3. The maximum Gasteiger partial charge on any atom is 0.251 e. The number of nitrogens with one attached hydrogen (secondary N) is 10. The van der Waals surface area contributed by atoms with Gasteiger partial charge in [0.25, 0.3) is 59.1 Å². The molecule has 0 spiro atoms. The predicted molar refractivity (Wildman–Crippen MR) is 339 cm³/mol. The molecule has 93 heavy (non-hydrogen) atoms. The fourth-order valence-corrected chi connectivity index (χ4v) is 13.6. The van der Waals surface area contributed by atoms with Crippen LogP contribution in [0.15, 0.2) is 122 Å². The van der Waals surface area contributed by atoms with Gasteiger partial charge >= 0.3 is 0 Å². The Hall–Kier alpha value is -9.50. The van der Waals surface area contributed by atoms with Gasteiger partial charge in [0.05, 0.1) is 11.4 Å². The fourth-order valence-electron chi connectivity index (χ4n) is 13.6. The third-order valence-electron chi connectivity index (χ3n) is 18.5. The van der Waals surface area contributed by atoms with Crippen molar-refractivity contribution in [2.75, 3.05) is 0 Å². The summed E-state index contributed by atoms with van der Waals surface area (Å²) in [5.41, 5.74) is 4.07. The minimum absolute atomic E-state index is 0. The van der Waals surface area contributed by atoms with Gasteiger partial charge in [-0.1, -0.05) is 37.8 Å². The van der Waals surface area contributed by atoms with Gasteiger partial charge in [-0.25, -0.2) is 0 Å². The van der Waals surface area contributed by atoms with Gasteiger partial charge in [0.15, 0.2) is 0 Å². The number of carbonyl (C=O) groups excluding carboxylic acids is 10. The van der Waals surface area contributed by atoms with Crippen LogP contribution >= 0.6 is 0 Å². The zero-order valence-electron chi connectivity index (χ0n) is 51.2. The molecule has 0 saturated heterocycles. The summed E-state index contributed by atoms with van der Waals surface area (Å²) in [6.45, 7) is -0.163. The summed E-state index contributed by atoms with van der Waals surface area (Å²) in [6, 6.07) is 26.1. The number of pyridine rings is 2. The van der Waals surface area contributed by atoms with Gasteiger partial charge in [-0.15, -0.1) is 0 Å². The van der Waals surface area contributed by atoms with Crippen molar-refractivity contribution in [3.63, 3.8) is 0 Å². The zero-order valence-corrected chi connectivity index (χ0v) is 53.0. The largest absolute Gasteiger partial charge is 0.349 e. The van der Waals surface area contributed by atoms with Crippen LogP contribution in [0.4, 0.5) is 0 Å². The molecule has 23 heteroatoms. The van der Waals surface area contributed by atoms with Crippen molar-refractivity contribution in [1.82, 2.24) is 63.1 Å². The normalized spacial score (nSPS) is 23.5. The van der Waals surface area contributed by atoms with Crippen LogP contribution < -0.4 is 53.2 Å². The van der Waals surface area contributed by atoms with E-state index in [9.17, 15) is 47.9 Å². The van der Waals surface area contributed by atoms with E-state index in [-0.39, 0.29) is 125 Å². The van der Waals surface area contributed by atoms with E-state index >= 15 is 0 Å². The molecule has 0 radical (unpaired) electrons. The SMILES string of the molecule is O=C(NCc1cc2cc(c1)C(=O)N[C@@H]1CCCCC1NC(=O)c1cccc(c1)C(=O)NC1CCCC(C1)NC2=O)c1ccnc(-c2cc(C(=O)NCc3cc4cc(c3)C(=O)N[C@@H]3CCCCC3NC(=O)c3cccc(c3)C(=O)NC3CCCC(C3)NC4=O)ccn2)c1.[Ru]. The van der Waals surface area contributed by atoms with Crippen molar-refractivity contribution in [2.24, 2.45) is 0 Å². The van der Waals surface area contributed by atoms with Crippen LogP contribution in [0.3, 0.4) is 0 Å². The zero-order chi connectivity index (χ0) is 63.8. The quantitative estimate of drug-likeness (QED) is 0.0765. The van der Waals surface area contributed by atoms with Gasteiger partial charge in [-0.05, 0) is 185 Å². The molecule has 482 valence electrons. The first-order valence-corrected chi connectivity index (χ1v) is 32.0. The number of hydrogen-bond acceptors (Lipinski definition) is 12. The van der Waals surface area contributed by atoms with Crippen molar-refractivity contribution in [3.05, 3.63) is 188 Å². The summed E-state index contributed by atoms with van der Waals surface area (Å²) < 4.78 is 0. The number of hydrogen-bond donors (Lipinski definition) is 10. The molecule has 12 bridgehead atoms. The summed E-state index contributed by atoms with van der Waals surface area (Å²) in [7, 11) is 0. The third kappa shape index (κ3) is 16.1. The molecule has 4 aromatic carbocycles. The Morgan fingerprint density at radius 1 is 0.344 bits per heavy atom. The average molecular weight is 1340 g/mol. The molecular formula is C70H74N12O10Ru. The molecule has 6 aliphatic rings. The Balaban J connectivity index is 0.00000884. The first-order chi connectivity index (χ1) is 44.6. The topological polar surface area (TPSA) is 317 Å². The number of carbonyl (C=O) groups is 10. The number of benzene rings is 4.